The van der Waals surface area contributed by atoms with Gasteiger partial charge in [-0.15, -0.1) is 0 Å². The largest absolute Gasteiger partial charge is 0.497 e. The lowest BCUT2D eigenvalue weighted by Crippen LogP contribution is -2.38. The summed E-state index contributed by atoms with van der Waals surface area (Å²) in [5.74, 6) is 0.286. The summed E-state index contributed by atoms with van der Waals surface area (Å²) in [4.78, 5) is 26.5. The quantitative estimate of drug-likeness (QED) is 0.830. The maximum atomic E-state index is 13.1. The molecular weight excluding hydrogens is 354 g/mol. The van der Waals surface area contributed by atoms with Gasteiger partial charge >= 0.3 is 6.03 Å². The molecule has 148 valence electrons. The van der Waals surface area contributed by atoms with Crippen LogP contribution in [-0.2, 0) is 0 Å². The molecule has 1 aliphatic rings. The molecular formula is C22H27N3O3. The number of methoxy groups -OCH3 is 1. The van der Waals surface area contributed by atoms with Gasteiger partial charge in [-0.2, -0.15) is 0 Å². The first-order chi connectivity index (χ1) is 13.5. The van der Waals surface area contributed by atoms with Crippen LogP contribution in [0.25, 0.3) is 0 Å². The van der Waals surface area contributed by atoms with Crippen LogP contribution in [0.5, 0.6) is 5.75 Å². The van der Waals surface area contributed by atoms with E-state index in [-0.39, 0.29) is 12.1 Å². The lowest BCUT2D eigenvalue weighted by molar-refractivity contribution is 0.1000. The number of hydrogen-bond donors (Lipinski definition) is 2. The van der Waals surface area contributed by atoms with Gasteiger partial charge in [0.05, 0.1) is 13.2 Å². The predicted molar refractivity (Wildman–Crippen MR) is 110 cm³/mol. The first-order valence-electron chi connectivity index (χ1n) is 9.61. The van der Waals surface area contributed by atoms with E-state index in [4.69, 9.17) is 10.5 Å². The van der Waals surface area contributed by atoms with Crippen LogP contribution in [0.3, 0.4) is 0 Å². The lowest BCUT2D eigenvalue weighted by Gasteiger charge is -2.31. The van der Waals surface area contributed by atoms with Crippen molar-refractivity contribution in [2.45, 2.75) is 38.6 Å². The molecule has 3 N–H and O–H groups in total. The minimum absolute atomic E-state index is 0.00744. The number of anilines is 1. The second-order valence-corrected chi connectivity index (χ2v) is 7.16. The van der Waals surface area contributed by atoms with E-state index in [1.54, 1.807) is 25.3 Å². The molecule has 0 radical (unpaired) electrons. The summed E-state index contributed by atoms with van der Waals surface area (Å²) >= 11 is 0. The average molecular weight is 381 g/mol. The Balaban J connectivity index is 1.84. The Bertz CT molecular complexity index is 849. The zero-order chi connectivity index (χ0) is 20.1. The molecule has 1 fully saturated rings. The number of carbonyl (C=O) groups excluding carboxylic acids is 2. The Morgan fingerprint density at radius 3 is 2.54 bits per heavy atom. The predicted octanol–water partition coefficient (Wildman–Crippen LogP) is 4.25. The van der Waals surface area contributed by atoms with Crippen molar-refractivity contribution < 1.29 is 14.3 Å². The van der Waals surface area contributed by atoms with E-state index in [0.29, 0.717) is 17.8 Å². The van der Waals surface area contributed by atoms with E-state index < -0.39 is 5.91 Å². The lowest BCUT2D eigenvalue weighted by atomic mass is 10.0. The van der Waals surface area contributed by atoms with E-state index in [2.05, 4.69) is 5.32 Å². The van der Waals surface area contributed by atoms with Crippen molar-refractivity contribution >= 4 is 17.6 Å². The summed E-state index contributed by atoms with van der Waals surface area (Å²) in [5.41, 5.74) is 8.35. The molecule has 6 heteroatoms. The number of ether oxygens (including phenoxy) is 1. The molecule has 3 amide bonds. The summed E-state index contributed by atoms with van der Waals surface area (Å²) in [7, 11) is 1.64. The number of rotatable bonds is 4. The maximum Gasteiger partial charge on any atom is 0.322 e. The SMILES string of the molecule is COc1ccc([C@H]2CCCCCN2C(=O)Nc2cc(C(N)=O)ccc2C)cc1. The van der Waals surface area contributed by atoms with Crippen LogP contribution in [0.2, 0.25) is 0 Å². The minimum Gasteiger partial charge on any atom is -0.497 e. The third-order valence-electron chi connectivity index (χ3n) is 5.28. The van der Waals surface area contributed by atoms with Crippen molar-refractivity contribution in [2.24, 2.45) is 5.73 Å². The van der Waals surface area contributed by atoms with Gasteiger partial charge in [0.15, 0.2) is 0 Å². The standard InChI is InChI=1S/C22H27N3O3/c1-15-7-8-17(21(23)26)14-19(15)24-22(27)25-13-5-3-4-6-20(25)16-9-11-18(28-2)12-10-16/h7-12,14,20H,3-6,13H2,1-2H3,(H2,23,26)(H,24,27)/t20-/m1/s1. The zero-order valence-corrected chi connectivity index (χ0v) is 16.4. The molecule has 6 nitrogen and oxygen atoms in total. The van der Waals surface area contributed by atoms with E-state index in [9.17, 15) is 9.59 Å². The molecule has 0 bridgehead atoms. The summed E-state index contributed by atoms with van der Waals surface area (Å²) in [5, 5.41) is 2.98. The number of likely N-dealkylation sites (tertiary alicyclic amines) is 1. The normalized spacial score (nSPS) is 16.9. The Labute approximate surface area is 165 Å². The molecule has 1 atom stereocenters. The second kappa shape index (κ2) is 8.78. The Hall–Kier alpha value is -3.02. The molecule has 0 aliphatic carbocycles. The van der Waals surface area contributed by atoms with Gasteiger partial charge in [-0.05, 0) is 55.2 Å². The third kappa shape index (κ3) is 4.44. The number of nitrogens with one attached hydrogen (secondary N) is 1. The van der Waals surface area contributed by atoms with Crippen LogP contribution in [0.4, 0.5) is 10.5 Å². The molecule has 0 saturated carbocycles. The van der Waals surface area contributed by atoms with Crippen LogP contribution in [0.15, 0.2) is 42.5 Å². The number of urea groups is 1. The molecule has 2 aromatic carbocycles. The van der Waals surface area contributed by atoms with Crippen molar-refractivity contribution in [3.8, 4) is 5.75 Å². The monoisotopic (exact) mass is 381 g/mol. The fraction of sp³-hybridized carbons (Fsp3) is 0.364. The molecule has 1 aliphatic heterocycles. The van der Waals surface area contributed by atoms with E-state index >= 15 is 0 Å². The molecule has 3 rings (SSSR count). The summed E-state index contributed by atoms with van der Waals surface area (Å²) in [6, 6.07) is 12.8. The van der Waals surface area contributed by atoms with Gasteiger partial charge in [0.1, 0.15) is 5.75 Å². The van der Waals surface area contributed by atoms with Crippen LogP contribution >= 0.6 is 0 Å². The van der Waals surface area contributed by atoms with Gasteiger partial charge in [0, 0.05) is 17.8 Å². The highest BCUT2D eigenvalue weighted by molar-refractivity contribution is 5.96. The summed E-state index contributed by atoms with van der Waals surface area (Å²) in [6.07, 6.45) is 4.07. The van der Waals surface area contributed by atoms with Gasteiger partial charge in [-0.3, -0.25) is 4.79 Å². The molecule has 2 aromatic rings. The van der Waals surface area contributed by atoms with Crippen molar-refractivity contribution in [2.75, 3.05) is 19.0 Å². The van der Waals surface area contributed by atoms with Gasteiger partial charge in [-0.25, -0.2) is 4.79 Å². The van der Waals surface area contributed by atoms with Crippen LogP contribution < -0.4 is 15.8 Å². The Morgan fingerprint density at radius 1 is 1.11 bits per heavy atom. The number of benzene rings is 2. The van der Waals surface area contributed by atoms with E-state index in [1.165, 1.54) is 0 Å². The highest BCUT2D eigenvalue weighted by Gasteiger charge is 2.27. The Kier molecular flexibility index (Phi) is 6.19. The average Bonchev–Trinajstić information content (AvgIpc) is 2.95. The summed E-state index contributed by atoms with van der Waals surface area (Å²) in [6.45, 7) is 2.58. The molecule has 1 heterocycles. The summed E-state index contributed by atoms with van der Waals surface area (Å²) < 4.78 is 5.25. The smallest absolute Gasteiger partial charge is 0.322 e. The fourth-order valence-corrected chi connectivity index (χ4v) is 3.62. The van der Waals surface area contributed by atoms with Gasteiger partial charge < -0.3 is 20.7 Å². The number of nitrogens with zero attached hydrogens (tertiary/aromatic N) is 1. The maximum absolute atomic E-state index is 13.1. The van der Waals surface area contributed by atoms with Crippen molar-refractivity contribution in [1.29, 1.82) is 0 Å². The second-order valence-electron chi connectivity index (χ2n) is 7.16. The van der Waals surface area contributed by atoms with Crippen LogP contribution in [-0.4, -0.2) is 30.5 Å². The first kappa shape index (κ1) is 19.7. The van der Waals surface area contributed by atoms with Crippen LogP contribution in [0, 0.1) is 6.92 Å². The van der Waals surface area contributed by atoms with Gasteiger partial charge in [0.2, 0.25) is 5.91 Å². The minimum atomic E-state index is -0.513. The zero-order valence-electron chi connectivity index (χ0n) is 16.4. The molecule has 0 spiro atoms. The Morgan fingerprint density at radius 2 is 1.86 bits per heavy atom. The number of aryl methyl sites for hydroxylation is 1. The number of primary amides is 1. The van der Waals surface area contributed by atoms with Gasteiger partial charge in [-0.1, -0.05) is 31.0 Å². The van der Waals surface area contributed by atoms with Crippen molar-refractivity contribution in [3.63, 3.8) is 0 Å². The highest BCUT2D eigenvalue weighted by Crippen LogP contribution is 2.32. The molecule has 0 aromatic heterocycles. The fourth-order valence-electron chi connectivity index (χ4n) is 3.62. The molecule has 28 heavy (non-hydrogen) atoms. The number of nitrogens with two attached hydrogens (primary N) is 1. The van der Waals surface area contributed by atoms with E-state index in [0.717, 1.165) is 42.6 Å². The number of carbonyl (C=O) groups is 2. The van der Waals surface area contributed by atoms with E-state index in [1.807, 2.05) is 36.1 Å². The first-order valence-corrected chi connectivity index (χ1v) is 9.61. The van der Waals surface area contributed by atoms with Crippen LogP contribution in [0.1, 0.15) is 53.2 Å². The third-order valence-corrected chi connectivity index (χ3v) is 5.28. The molecule has 1 saturated heterocycles. The van der Waals surface area contributed by atoms with Crippen molar-refractivity contribution in [3.05, 3.63) is 59.2 Å². The topological polar surface area (TPSA) is 84.7 Å². The van der Waals surface area contributed by atoms with Gasteiger partial charge in [0.25, 0.3) is 0 Å². The number of amides is 3. The molecule has 0 unspecified atom stereocenters. The number of hydrogen-bond acceptors (Lipinski definition) is 3. The van der Waals surface area contributed by atoms with Crippen molar-refractivity contribution in [1.82, 2.24) is 4.90 Å². The highest BCUT2D eigenvalue weighted by atomic mass is 16.5.